The zero-order valence-electron chi connectivity index (χ0n) is 14.9. The molecule has 5 radical (unpaired) electrons. The Bertz CT molecular complexity index is 725. The molecule has 0 amide bonds. The predicted molar refractivity (Wildman–Crippen MR) is 81.9 cm³/mol. The van der Waals surface area contributed by atoms with Gasteiger partial charge in [0, 0.05) is 31.8 Å². The summed E-state index contributed by atoms with van der Waals surface area (Å²) in [5.41, 5.74) is 0. The van der Waals surface area contributed by atoms with Crippen LogP contribution >= 0.6 is 0 Å². The maximum absolute atomic E-state index is 13.3. The topological polar surface area (TPSA) is 0 Å². The van der Waals surface area contributed by atoms with Gasteiger partial charge in [-0.3, -0.25) is 0 Å². The third kappa shape index (κ3) is 5.02. The maximum atomic E-state index is 13.3. The molecule has 0 spiro atoms. The van der Waals surface area contributed by atoms with Crippen LogP contribution in [-0.2, 0) is 0 Å². The summed E-state index contributed by atoms with van der Waals surface area (Å²) in [6, 6.07) is 0. The van der Waals surface area contributed by atoms with Gasteiger partial charge >= 0.3 is 59.5 Å². The van der Waals surface area contributed by atoms with Crippen LogP contribution in [0.5, 0.6) is 0 Å². The molecule has 0 aliphatic carbocycles. The van der Waals surface area contributed by atoms with E-state index in [2.05, 4.69) is 0 Å². The fraction of sp³-hybridized carbons (Fsp3) is 0.929. The Morgan fingerprint density at radius 2 is 0.528 bits per heavy atom. The van der Waals surface area contributed by atoms with Crippen LogP contribution in [0.2, 0.25) is 0 Å². The Morgan fingerprint density at radius 1 is 0.361 bits per heavy atom. The van der Waals surface area contributed by atoms with Crippen molar-refractivity contribution < 1.29 is 93.6 Å². The Labute approximate surface area is 206 Å². The van der Waals surface area contributed by atoms with E-state index in [-0.39, 0.29) is 40.2 Å². The fourth-order valence-corrected chi connectivity index (χ4v) is 1.75. The quantitative estimate of drug-likeness (QED) is 0.167. The van der Waals surface area contributed by atoms with E-state index in [4.69, 9.17) is 0 Å². The van der Waals surface area contributed by atoms with Gasteiger partial charge in [-0.05, 0) is 6.92 Å². The van der Waals surface area contributed by atoms with Crippen LogP contribution in [0.25, 0.3) is 0 Å². The van der Waals surface area contributed by atoms with Crippen molar-refractivity contribution in [2.75, 3.05) is 0 Å². The van der Waals surface area contributed by atoms with Gasteiger partial charge in [-0.15, -0.1) is 0 Å². The number of alkyl halides is 21. The number of hydrogen-bond acceptors (Lipinski definition) is 0. The third-order valence-corrected chi connectivity index (χ3v) is 3.89. The molecule has 0 heterocycles. The summed E-state index contributed by atoms with van der Waals surface area (Å²) in [6.45, 7) is 1.80. The molecule has 0 nitrogen and oxygen atoms in total. The molecule has 0 unspecified atom stereocenters. The number of halogens is 21. The van der Waals surface area contributed by atoms with Crippen molar-refractivity contribution >= 4 is 23.9 Å². The van der Waals surface area contributed by atoms with Crippen LogP contribution < -0.4 is 0 Å². The second kappa shape index (κ2) is 10.5. The second-order valence-corrected chi connectivity index (χ2v) is 6.05. The normalized spacial score (nSPS) is 15.5. The van der Waals surface area contributed by atoms with Crippen molar-refractivity contribution in [1.82, 2.24) is 0 Å². The minimum atomic E-state index is -9.14. The van der Waals surface area contributed by atoms with Crippen LogP contribution in [-0.4, -0.2) is 83.4 Å². The molecule has 0 rings (SSSR count). The molecule has 0 saturated heterocycles. The molecule has 0 aromatic rings. The van der Waals surface area contributed by atoms with Crippen LogP contribution in [0.4, 0.5) is 92.2 Å². The summed E-state index contributed by atoms with van der Waals surface area (Å²) < 4.78 is 271. The van der Waals surface area contributed by atoms with Gasteiger partial charge in [0.2, 0.25) is 0 Å². The Morgan fingerprint density at radius 3 is 0.694 bits per heavy atom. The van der Waals surface area contributed by atoms with Gasteiger partial charge in [-0.2, -0.15) is 92.2 Å². The summed E-state index contributed by atoms with van der Waals surface area (Å²) in [7, 11) is 0. The van der Waals surface area contributed by atoms with Gasteiger partial charge < -0.3 is 0 Å². The molecular weight excluding hydrogens is 686 g/mol. The first-order valence-electron chi connectivity index (χ1n) is 7.07. The van der Waals surface area contributed by atoms with Crippen LogP contribution in [0, 0.1) is 6.92 Å². The molecule has 22 heteroatoms. The first-order chi connectivity index (χ1) is 13.8. The maximum Gasteiger partial charge on any atom is 0.460 e. The molecule has 0 atom stereocenters. The zero-order valence-corrected chi connectivity index (χ0v) is 17.7. The largest absolute Gasteiger partial charge is 0.460 e. The Kier molecular flexibility index (Phi) is 12.3. The summed E-state index contributed by atoms with van der Waals surface area (Å²) in [4.78, 5) is 0. The molecule has 0 bridgehead atoms. The molecule has 0 N–H and O–H groups in total. The van der Waals surface area contributed by atoms with E-state index in [0.29, 0.717) is 0 Å². The van der Waals surface area contributed by atoms with E-state index in [0.717, 1.165) is 0 Å². The molecule has 0 aliphatic rings. The van der Waals surface area contributed by atoms with Crippen LogP contribution in [0.15, 0.2) is 0 Å². The molecule has 36 heavy (non-hydrogen) atoms. The minimum absolute atomic E-state index is 0. The van der Waals surface area contributed by atoms with Gasteiger partial charge in [-0.25, -0.2) is 0 Å². The molecule has 0 fully saturated rings. The summed E-state index contributed by atoms with van der Waals surface area (Å²) >= 11 is 0. The first-order valence-corrected chi connectivity index (χ1v) is 7.07. The average molecular weight is 700 g/mol. The molecule has 221 valence electrons. The fourth-order valence-electron chi connectivity index (χ4n) is 1.75. The smallest absolute Gasteiger partial charge is 0.200 e. The monoisotopic (exact) mass is 701 g/mol. The van der Waals surface area contributed by atoms with Crippen molar-refractivity contribution in [2.45, 2.75) is 80.8 Å². The van der Waals surface area contributed by atoms with Crippen molar-refractivity contribution in [1.29, 1.82) is 0 Å². The standard InChI is InChI=1S/C12H4F21.2CH4.Sn.H2/c1-2-3(13,14)4(15,16)5(17,18)6(19,20)7(21,22)8(23,24)9(25,26)10(27,28)11(29,30)12(31,32)33;;;;/h1-2H2;2*1H4;;1H. The van der Waals surface area contributed by atoms with Crippen molar-refractivity contribution in [3.05, 3.63) is 6.92 Å². The molecule has 0 aromatic heterocycles. The molecule has 0 saturated carbocycles. The minimum Gasteiger partial charge on any atom is -0.200 e. The number of hydrogen-bond donors (Lipinski definition) is 0. The van der Waals surface area contributed by atoms with Crippen LogP contribution in [0.3, 0.4) is 0 Å². The van der Waals surface area contributed by atoms with Crippen molar-refractivity contribution in [3.8, 4) is 0 Å². The van der Waals surface area contributed by atoms with E-state index in [1.54, 1.807) is 6.92 Å². The van der Waals surface area contributed by atoms with Gasteiger partial charge in [0.1, 0.15) is 0 Å². The summed E-state index contributed by atoms with van der Waals surface area (Å²) in [6.07, 6.45) is -10.9. The molecule has 0 aliphatic heterocycles. The second-order valence-electron chi connectivity index (χ2n) is 6.05. The summed E-state index contributed by atoms with van der Waals surface area (Å²) in [5, 5.41) is 0. The van der Waals surface area contributed by atoms with E-state index >= 15 is 0 Å². The van der Waals surface area contributed by atoms with E-state index in [1.807, 2.05) is 0 Å². The Balaban J connectivity index is -0.000000853. The molecule has 0 aromatic carbocycles. The van der Waals surface area contributed by atoms with Gasteiger partial charge in [0.05, 0.1) is 0 Å². The summed E-state index contributed by atoms with van der Waals surface area (Å²) in [5.74, 6) is -76.5. The van der Waals surface area contributed by atoms with Crippen molar-refractivity contribution in [3.63, 3.8) is 0 Å². The predicted octanol–water partition coefficient (Wildman–Crippen LogP) is 8.63. The van der Waals surface area contributed by atoms with E-state index < -0.39 is 65.9 Å². The molecular formula is C14H14F21Sn. The Hall–Kier alpha value is -0.671. The van der Waals surface area contributed by atoms with Gasteiger partial charge in [0.15, 0.2) is 0 Å². The zero-order chi connectivity index (χ0) is 27.7. The average Bonchev–Trinajstić information content (AvgIpc) is 2.59. The van der Waals surface area contributed by atoms with Gasteiger partial charge in [-0.1, -0.05) is 14.9 Å². The number of rotatable bonds is 9. The first kappa shape index (κ1) is 42.4. The van der Waals surface area contributed by atoms with E-state index in [9.17, 15) is 92.2 Å². The van der Waals surface area contributed by atoms with Crippen molar-refractivity contribution in [2.24, 2.45) is 0 Å². The SMILES string of the molecule is C.C.[CH2]CC(F)(F)C(F)(F)C(F)(F)C(F)(F)C(F)(F)C(F)(F)C(F)(F)C(F)(F)C(F)(F)C(F)(F)F.[HH].[Sn]. The third-order valence-electron chi connectivity index (χ3n) is 3.89. The van der Waals surface area contributed by atoms with Crippen LogP contribution in [0.1, 0.15) is 22.7 Å². The van der Waals surface area contributed by atoms with E-state index in [1.165, 1.54) is 0 Å². The van der Waals surface area contributed by atoms with Gasteiger partial charge in [0.25, 0.3) is 0 Å².